The van der Waals surface area contributed by atoms with Crippen molar-refractivity contribution in [1.82, 2.24) is 20.4 Å². The molecule has 2 fully saturated rings. The number of aliphatic carboxylic acids is 1. The summed E-state index contributed by atoms with van der Waals surface area (Å²) in [6.07, 6.45) is 6.81. The molecular weight excluding hydrogens is 578 g/mol. The molecule has 1 saturated heterocycles. The van der Waals surface area contributed by atoms with Crippen LogP contribution in [0.3, 0.4) is 0 Å². The number of nitrogens with one attached hydrogen (secondary N) is 2. The van der Waals surface area contributed by atoms with Gasteiger partial charge < -0.3 is 36.0 Å². The third kappa shape index (κ3) is 7.16. The summed E-state index contributed by atoms with van der Waals surface area (Å²) in [4.78, 5) is 69.4. The summed E-state index contributed by atoms with van der Waals surface area (Å²) in [7, 11) is 0. The molecule has 45 heavy (non-hydrogen) atoms. The third-order valence-electron chi connectivity index (χ3n) is 9.61. The molecule has 3 heterocycles. The zero-order chi connectivity index (χ0) is 32.3. The molecular formula is C33H45N5O7. The highest BCUT2D eigenvalue weighted by Crippen LogP contribution is 2.45. The number of nitrogens with zero attached hydrogens (tertiary/aromatic N) is 2. The van der Waals surface area contributed by atoms with Crippen molar-refractivity contribution in [2.75, 3.05) is 13.1 Å². The van der Waals surface area contributed by atoms with Crippen LogP contribution in [0.15, 0.2) is 36.4 Å². The molecule has 6 atom stereocenters. The van der Waals surface area contributed by atoms with E-state index < -0.39 is 59.6 Å². The molecule has 1 saturated carbocycles. The molecule has 4 amide bonds. The topological polar surface area (TPSA) is 171 Å². The summed E-state index contributed by atoms with van der Waals surface area (Å²) in [5.41, 5.74) is 6.87. The number of hydrogen-bond donors (Lipinski definition) is 4. The Bertz CT molecular complexity index is 1350. The van der Waals surface area contributed by atoms with Gasteiger partial charge in [-0.05, 0) is 49.1 Å². The second kappa shape index (κ2) is 13.6. The Hall–Kier alpha value is -3.93. The van der Waals surface area contributed by atoms with Crippen molar-refractivity contribution in [3.63, 3.8) is 0 Å². The van der Waals surface area contributed by atoms with E-state index >= 15 is 0 Å². The second-order valence-corrected chi connectivity index (χ2v) is 13.2. The van der Waals surface area contributed by atoms with Gasteiger partial charge in [-0.2, -0.15) is 0 Å². The van der Waals surface area contributed by atoms with E-state index in [9.17, 15) is 29.1 Å². The average Bonchev–Trinajstić information content (AvgIpc) is 3.56. The van der Waals surface area contributed by atoms with Crippen molar-refractivity contribution in [3.05, 3.63) is 47.5 Å². The quantitative estimate of drug-likeness (QED) is 0.361. The van der Waals surface area contributed by atoms with E-state index in [1.165, 1.54) is 10.5 Å². The molecule has 12 heteroatoms. The Labute approximate surface area is 263 Å². The molecule has 4 aliphatic rings. The molecule has 0 aromatic heterocycles. The van der Waals surface area contributed by atoms with Crippen molar-refractivity contribution in [1.29, 1.82) is 0 Å². The van der Waals surface area contributed by atoms with E-state index in [0.717, 1.165) is 24.8 Å². The van der Waals surface area contributed by atoms with Crippen LogP contribution in [-0.4, -0.2) is 87.5 Å². The summed E-state index contributed by atoms with van der Waals surface area (Å²) in [6.45, 7) is 4.46. The lowest BCUT2D eigenvalue weighted by atomic mass is 10.0. The van der Waals surface area contributed by atoms with Gasteiger partial charge in [-0.15, -0.1) is 0 Å². The lowest BCUT2D eigenvalue weighted by Crippen LogP contribution is -2.57. The van der Waals surface area contributed by atoms with E-state index in [1.807, 2.05) is 50.3 Å². The number of hydrogen-bond acceptors (Lipinski definition) is 7. The summed E-state index contributed by atoms with van der Waals surface area (Å²) < 4.78 is 5.88. The first-order valence-electron chi connectivity index (χ1n) is 16.1. The van der Waals surface area contributed by atoms with E-state index in [0.29, 0.717) is 32.4 Å². The fourth-order valence-corrected chi connectivity index (χ4v) is 6.59. The van der Waals surface area contributed by atoms with Gasteiger partial charge in [0.1, 0.15) is 23.7 Å². The second-order valence-electron chi connectivity index (χ2n) is 13.2. The zero-order valence-corrected chi connectivity index (χ0v) is 26.1. The van der Waals surface area contributed by atoms with Crippen LogP contribution >= 0.6 is 0 Å². The number of carboxylic acid groups (broad SMARTS) is 1. The Morgan fingerprint density at radius 2 is 1.89 bits per heavy atom. The molecule has 244 valence electrons. The Kier molecular flexibility index (Phi) is 9.81. The SMILES string of the molecule is CC(C)[C@@H](N)C(=O)N[C@H]1CCCCCC=C[C@@H]2C[C@@]2(C(=O)O)NC(=O)[C@@H]2C[C@@H](OC(=O)N3CCc4ccccc4C3)CN2C1=O. The van der Waals surface area contributed by atoms with Crippen LogP contribution in [0.1, 0.15) is 69.9 Å². The lowest BCUT2D eigenvalue weighted by molar-refractivity contribution is -0.146. The summed E-state index contributed by atoms with van der Waals surface area (Å²) in [5.74, 6) is -3.19. The van der Waals surface area contributed by atoms with Gasteiger partial charge in [0.15, 0.2) is 0 Å². The molecule has 5 N–H and O–H groups in total. The number of rotatable bonds is 5. The monoisotopic (exact) mass is 623 g/mol. The van der Waals surface area contributed by atoms with Crippen LogP contribution in [0.4, 0.5) is 4.79 Å². The van der Waals surface area contributed by atoms with Gasteiger partial charge >= 0.3 is 12.1 Å². The number of carboxylic acids is 1. The van der Waals surface area contributed by atoms with Crippen molar-refractivity contribution in [2.24, 2.45) is 17.6 Å². The van der Waals surface area contributed by atoms with Gasteiger partial charge in [-0.25, -0.2) is 9.59 Å². The minimum Gasteiger partial charge on any atom is -0.479 e. The largest absolute Gasteiger partial charge is 0.479 e. The van der Waals surface area contributed by atoms with Crippen molar-refractivity contribution in [2.45, 2.75) is 102 Å². The van der Waals surface area contributed by atoms with Gasteiger partial charge in [0.2, 0.25) is 17.7 Å². The maximum Gasteiger partial charge on any atom is 0.410 e. The lowest BCUT2D eigenvalue weighted by Gasteiger charge is -2.30. The van der Waals surface area contributed by atoms with Gasteiger partial charge in [-0.3, -0.25) is 14.4 Å². The molecule has 1 aromatic rings. The minimum absolute atomic E-state index is 0.0100. The van der Waals surface area contributed by atoms with Crippen LogP contribution in [0.5, 0.6) is 0 Å². The van der Waals surface area contributed by atoms with Crippen LogP contribution in [0, 0.1) is 11.8 Å². The van der Waals surface area contributed by atoms with Crippen LogP contribution in [0.25, 0.3) is 0 Å². The first-order valence-corrected chi connectivity index (χ1v) is 16.1. The number of allylic oxidation sites excluding steroid dienone is 1. The number of carbonyl (C=O) groups is 5. The maximum atomic E-state index is 14.1. The first-order chi connectivity index (χ1) is 21.5. The fraction of sp³-hybridized carbons (Fsp3) is 0.606. The number of nitrogens with two attached hydrogens (primary N) is 1. The predicted octanol–water partition coefficient (Wildman–Crippen LogP) is 2.10. The molecule has 0 spiro atoms. The number of benzene rings is 1. The predicted molar refractivity (Wildman–Crippen MR) is 165 cm³/mol. The highest BCUT2D eigenvalue weighted by molar-refractivity contribution is 5.96. The van der Waals surface area contributed by atoms with E-state index in [-0.39, 0.29) is 31.2 Å². The molecule has 0 radical (unpaired) electrons. The Morgan fingerprint density at radius 3 is 2.62 bits per heavy atom. The van der Waals surface area contributed by atoms with Gasteiger partial charge in [0.05, 0.1) is 12.6 Å². The fourth-order valence-electron chi connectivity index (χ4n) is 6.59. The number of carbonyl (C=O) groups excluding carboxylic acids is 4. The van der Waals surface area contributed by atoms with Crippen LogP contribution in [-0.2, 0) is 36.9 Å². The normalized spacial score (nSPS) is 29.3. The average molecular weight is 624 g/mol. The molecule has 1 aromatic carbocycles. The van der Waals surface area contributed by atoms with Crippen molar-refractivity contribution in [3.8, 4) is 0 Å². The molecule has 0 bridgehead atoms. The maximum absolute atomic E-state index is 14.1. The summed E-state index contributed by atoms with van der Waals surface area (Å²) >= 11 is 0. The Morgan fingerprint density at radius 1 is 1.13 bits per heavy atom. The molecule has 1 aliphatic carbocycles. The smallest absolute Gasteiger partial charge is 0.410 e. The highest BCUT2D eigenvalue weighted by atomic mass is 16.6. The zero-order valence-electron chi connectivity index (χ0n) is 26.1. The minimum atomic E-state index is -1.45. The number of ether oxygens (including phenoxy) is 1. The van der Waals surface area contributed by atoms with Gasteiger partial charge in [0.25, 0.3) is 0 Å². The first kappa shape index (κ1) is 32.5. The molecule has 3 aliphatic heterocycles. The molecule has 5 rings (SSSR count). The summed E-state index contributed by atoms with van der Waals surface area (Å²) in [6, 6.07) is 5.07. The van der Waals surface area contributed by atoms with Crippen molar-refractivity contribution < 1.29 is 33.8 Å². The van der Waals surface area contributed by atoms with Gasteiger partial charge in [0, 0.05) is 25.4 Å². The standard InChI is InChI=1S/C33H45N5O7/c1-20(2)27(34)29(40)35-25-13-7-5-3-4-6-12-23-17-33(23,31(42)43)36-28(39)26-16-24(19-38(26)30(25)41)45-32(44)37-15-14-21-10-8-9-11-22(21)18-37/h6,8-12,20,23-27H,3-5,7,13-19,34H2,1-2H3,(H,35,40)(H,36,39)(H,42,43)/t23-,24-,25+,26+,27-,33-/m1/s1. The van der Waals surface area contributed by atoms with E-state index in [1.54, 1.807) is 4.90 Å². The number of amides is 4. The highest BCUT2D eigenvalue weighted by Gasteiger charge is 2.61. The molecule has 12 nitrogen and oxygen atoms in total. The van der Waals surface area contributed by atoms with Gasteiger partial charge in [-0.1, -0.05) is 63.1 Å². The van der Waals surface area contributed by atoms with E-state index in [2.05, 4.69) is 10.6 Å². The summed E-state index contributed by atoms with van der Waals surface area (Å²) in [5, 5.41) is 15.6. The molecule has 0 unspecified atom stereocenters. The van der Waals surface area contributed by atoms with Crippen LogP contribution < -0.4 is 16.4 Å². The number of fused-ring (bicyclic) bond motifs is 3. The van der Waals surface area contributed by atoms with Crippen molar-refractivity contribution >= 4 is 29.8 Å². The Balaban J connectivity index is 1.37. The third-order valence-corrected chi connectivity index (χ3v) is 9.61. The van der Waals surface area contributed by atoms with E-state index in [4.69, 9.17) is 10.5 Å². The van der Waals surface area contributed by atoms with Crippen LogP contribution in [0.2, 0.25) is 0 Å².